The van der Waals surface area contributed by atoms with Crippen LogP contribution in [0.15, 0.2) is 24.9 Å². The minimum atomic E-state index is -0.513. The molecule has 1 amide bonds. The molecule has 0 aliphatic heterocycles. The lowest BCUT2D eigenvalue weighted by molar-refractivity contribution is 0.102. The Labute approximate surface area is 136 Å². The molecule has 3 N–H and O–H groups in total. The molecule has 0 bridgehead atoms. The van der Waals surface area contributed by atoms with Crippen LogP contribution in [0, 0.1) is 6.57 Å². The van der Waals surface area contributed by atoms with Crippen molar-refractivity contribution in [3.8, 4) is 5.88 Å². The number of nitrogen functional groups attached to an aromatic ring is 1. The molecule has 0 aliphatic carbocycles. The quantitative estimate of drug-likeness (QED) is 0.679. The van der Waals surface area contributed by atoms with Crippen molar-refractivity contribution in [2.45, 2.75) is 6.54 Å². The average molecular weight is 324 g/mol. The Balaban J connectivity index is 1.98. The molecule has 3 aromatic heterocycles. The number of carbonyl (C=O) groups excluding carboxylic acids is 1. The third kappa shape index (κ3) is 2.66. The molecule has 3 heterocycles. The first-order chi connectivity index (χ1) is 11.6. The van der Waals surface area contributed by atoms with E-state index in [0.29, 0.717) is 11.3 Å². The zero-order chi connectivity index (χ0) is 17.1. The van der Waals surface area contributed by atoms with Crippen molar-refractivity contribution in [1.29, 1.82) is 0 Å². The highest BCUT2D eigenvalue weighted by atomic mass is 16.5. The number of ether oxygens (including phenoxy) is 1. The molecule has 24 heavy (non-hydrogen) atoms. The Hall–Kier alpha value is -3.74. The van der Waals surface area contributed by atoms with E-state index in [1.807, 2.05) is 0 Å². The standard InChI is InChI=1S/C14H12N8O2/c1-16-3-8-4-18-12-10(11(15)21-22(12)6-8)13(23)20-9-5-17-7-19-14(9)24-2/h4-7H,3H2,2H3,(H2,15,21)(H,20,23). The number of carbonyl (C=O) groups is 1. The SMILES string of the molecule is [C-]#[N+]Cc1cnc2c(C(=O)Nc3cncnc3OC)c(N)nn2c1. The van der Waals surface area contributed by atoms with E-state index in [1.54, 1.807) is 6.20 Å². The summed E-state index contributed by atoms with van der Waals surface area (Å²) in [6.45, 7) is 7.05. The molecule has 120 valence electrons. The summed E-state index contributed by atoms with van der Waals surface area (Å²) in [5, 5.41) is 6.69. The van der Waals surface area contributed by atoms with E-state index in [-0.39, 0.29) is 29.5 Å². The number of aromatic nitrogens is 5. The van der Waals surface area contributed by atoms with Crippen LogP contribution in [0.1, 0.15) is 15.9 Å². The maximum Gasteiger partial charge on any atom is 0.263 e. The van der Waals surface area contributed by atoms with Gasteiger partial charge in [-0.25, -0.2) is 21.1 Å². The third-order valence-electron chi connectivity index (χ3n) is 3.16. The monoisotopic (exact) mass is 324 g/mol. The second-order valence-electron chi connectivity index (χ2n) is 4.71. The van der Waals surface area contributed by atoms with Crippen molar-refractivity contribution in [2.24, 2.45) is 0 Å². The lowest BCUT2D eigenvalue weighted by atomic mass is 10.2. The van der Waals surface area contributed by atoms with Gasteiger partial charge in [-0.2, -0.15) is 4.98 Å². The minimum Gasteiger partial charge on any atom is -0.479 e. The van der Waals surface area contributed by atoms with Crippen LogP contribution < -0.4 is 15.8 Å². The van der Waals surface area contributed by atoms with Gasteiger partial charge in [0.1, 0.15) is 17.6 Å². The highest BCUT2D eigenvalue weighted by molar-refractivity contribution is 6.11. The van der Waals surface area contributed by atoms with Gasteiger partial charge >= 0.3 is 0 Å². The van der Waals surface area contributed by atoms with Crippen molar-refractivity contribution in [3.63, 3.8) is 0 Å². The van der Waals surface area contributed by atoms with Crippen LogP contribution >= 0.6 is 0 Å². The lowest BCUT2D eigenvalue weighted by Crippen LogP contribution is -2.15. The first-order valence-corrected chi connectivity index (χ1v) is 6.75. The molecule has 10 nitrogen and oxygen atoms in total. The van der Waals surface area contributed by atoms with E-state index in [1.165, 1.54) is 30.3 Å². The fourth-order valence-corrected chi connectivity index (χ4v) is 2.13. The first-order valence-electron chi connectivity index (χ1n) is 6.75. The molecular formula is C14H12N8O2. The summed E-state index contributed by atoms with van der Waals surface area (Å²) in [4.78, 5) is 27.8. The molecular weight excluding hydrogens is 312 g/mol. The number of nitrogens with two attached hydrogens (primary N) is 1. The maximum absolute atomic E-state index is 12.5. The van der Waals surface area contributed by atoms with Crippen molar-refractivity contribution in [3.05, 3.63) is 47.5 Å². The molecule has 0 aliphatic rings. The summed E-state index contributed by atoms with van der Waals surface area (Å²) in [5.74, 6) is -0.266. The van der Waals surface area contributed by atoms with Gasteiger partial charge in [-0.3, -0.25) is 4.79 Å². The molecule has 0 saturated heterocycles. The van der Waals surface area contributed by atoms with Crippen LogP contribution in [0.5, 0.6) is 5.88 Å². The Morgan fingerprint density at radius 2 is 2.29 bits per heavy atom. The predicted octanol–water partition coefficient (Wildman–Crippen LogP) is 0.782. The predicted molar refractivity (Wildman–Crippen MR) is 84.2 cm³/mol. The Kier molecular flexibility index (Phi) is 3.90. The molecule has 0 spiro atoms. The summed E-state index contributed by atoms with van der Waals surface area (Å²) in [6.07, 6.45) is 5.84. The normalized spacial score (nSPS) is 10.3. The van der Waals surface area contributed by atoms with Crippen LogP contribution in [-0.4, -0.2) is 37.6 Å². The van der Waals surface area contributed by atoms with Gasteiger partial charge in [-0.05, 0) is 0 Å². The number of nitrogens with zero attached hydrogens (tertiary/aromatic N) is 6. The Morgan fingerprint density at radius 1 is 1.46 bits per heavy atom. The van der Waals surface area contributed by atoms with E-state index >= 15 is 0 Å². The van der Waals surface area contributed by atoms with Crippen LogP contribution in [0.3, 0.4) is 0 Å². The minimum absolute atomic E-state index is 0.0239. The van der Waals surface area contributed by atoms with Gasteiger partial charge in [-0.1, -0.05) is 0 Å². The summed E-state index contributed by atoms with van der Waals surface area (Å²) >= 11 is 0. The number of anilines is 2. The third-order valence-corrected chi connectivity index (χ3v) is 3.16. The van der Waals surface area contributed by atoms with E-state index in [9.17, 15) is 4.79 Å². The largest absolute Gasteiger partial charge is 0.479 e. The van der Waals surface area contributed by atoms with Gasteiger partial charge in [0.25, 0.3) is 5.91 Å². The van der Waals surface area contributed by atoms with Crippen molar-refractivity contribution in [1.82, 2.24) is 24.6 Å². The topological polar surface area (TPSA) is 125 Å². The number of amides is 1. The molecule has 3 rings (SSSR count). The zero-order valence-electron chi connectivity index (χ0n) is 12.6. The Bertz CT molecular complexity index is 959. The number of fused-ring (bicyclic) bond motifs is 1. The summed E-state index contributed by atoms with van der Waals surface area (Å²) in [7, 11) is 1.43. The van der Waals surface area contributed by atoms with Crippen molar-refractivity contribution in [2.75, 3.05) is 18.2 Å². The molecule has 0 saturated carbocycles. The first kappa shape index (κ1) is 15.2. The summed E-state index contributed by atoms with van der Waals surface area (Å²) in [6, 6.07) is 0. The van der Waals surface area contributed by atoms with E-state index in [0.717, 1.165) is 0 Å². The van der Waals surface area contributed by atoms with Gasteiger partial charge in [0, 0.05) is 12.4 Å². The highest BCUT2D eigenvalue weighted by Gasteiger charge is 2.21. The summed E-state index contributed by atoms with van der Waals surface area (Å²) < 4.78 is 6.44. The lowest BCUT2D eigenvalue weighted by Gasteiger charge is -2.07. The van der Waals surface area contributed by atoms with Crippen molar-refractivity contribution >= 4 is 23.1 Å². The maximum atomic E-state index is 12.5. The number of rotatable bonds is 4. The summed E-state index contributed by atoms with van der Waals surface area (Å²) in [5.41, 5.74) is 7.22. The average Bonchev–Trinajstić information content (AvgIpc) is 2.90. The van der Waals surface area contributed by atoms with Crippen LogP contribution in [0.4, 0.5) is 11.5 Å². The fraction of sp³-hybridized carbons (Fsp3) is 0.143. The molecule has 0 aromatic carbocycles. The van der Waals surface area contributed by atoms with Crippen LogP contribution in [-0.2, 0) is 6.54 Å². The van der Waals surface area contributed by atoms with Gasteiger partial charge in [-0.15, -0.1) is 5.10 Å². The number of hydrogen-bond donors (Lipinski definition) is 2. The smallest absolute Gasteiger partial charge is 0.263 e. The van der Waals surface area contributed by atoms with Crippen LogP contribution in [0.2, 0.25) is 0 Å². The zero-order valence-corrected chi connectivity index (χ0v) is 12.6. The molecule has 0 radical (unpaired) electrons. The van der Waals surface area contributed by atoms with Crippen molar-refractivity contribution < 1.29 is 9.53 Å². The highest BCUT2D eigenvalue weighted by Crippen LogP contribution is 2.22. The van der Waals surface area contributed by atoms with E-state index in [2.05, 4.69) is 30.2 Å². The Morgan fingerprint density at radius 3 is 3.04 bits per heavy atom. The number of hydrogen-bond acceptors (Lipinski definition) is 7. The molecule has 0 atom stereocenters. The van der Waals surface area contributed by atoms with Gasteiger partial charge in [0.15, 0.2) is 11.5 Å². The second kappa shape index (κ2) is 6.17. The van der Waals surface area contributed by atoms with E-state index in [4.69, 9.17) is 17.0 Å². The number of nitrogens with one attached hydrogen (secondary N) is 1. The van der Waals surface area contributed by atoms with Gasteiger partial charge in [0.05, 0.1) is 18.9 Å². The van der Waals surface area contributed by atoms with Crippen LogP contribution in [0.25, 0.3) is 10.5 Å². The van der Waals surface area contributed by atoms with Gasteiger partial charge < -0.3 is 20.6 Å². The molecule has 0 unspecified atom stereocenters. The molecule has 10 heteroatoms. The fourth-order valence-electron chi connectivity index (χ4n) is 2.13. The second-order valence-corrected chi connectivity index (χ2v) is 4.71. The van der Waals surface area contributed by atoms with E-state index < -0.39 is 5.91 Å². The number of methoxy groups -OCH3 is 1. The molecule has 0 fully saturated rings. The van der Waals surface area contributed by atoms with Gasteiger partial charge in [0.2, 0.25) is 12.4 Å². The molecule has 3 aromatic rings.